The number of nitrogens with zero attached hydrogens (tertiary/aromatic N) is 2. The second-order valence-electron chi connectivity index (χ2n) is 7.74. The molecule has 1 N–H and O–H groups in total. The second kappa shape index (κ2) is 9.56. The molecule has 29 heavy (non-hydrogen) atoms. The number of carbonyl (C=O) groups is 2. The van der Waals surface area contributed by atoms with Crippen molar-refractivity contribution in [3.05, 3.63) is 65.7 Å². The van der Waals surface area contributed by atoms with E-state index in [4.69, 9.17) is 4.74 Å². The van der Waals surface area contributed by atoms with Crippen molar-refractivity contribution in [3.63, 3.8) is 0 Å². The van der Waals surface area contributed by atoms with Gasteiger partial charge in [0.1, 0.15) is 18.4 Å². The molecule has 2 aromatic rings. The van der Waals surface area contributed by atoms with E-state index in [9.17, 15) is 9.59 Å². The highest BCUT2D eigenvalue weighted by atomic mass is 16.5. The van der Waals surface area contributed by atoms with Crippen molar-refractivity contribution in [2.75, 3.05) is 27.2 Å². The molecule has 0 saturated carbocycles. The minimum absolute atomic E-state index is 0.0868. The first-order valence-corrected chi connectivity index (χ1v) is 9.91. The molecule has 2 amide bonds. The van der Waals surface area contributed by atoms with Gasteiger partial charge in [0.05, 0.1) is 6.04 Å². The fourth-order valence-corrected chi connectivity index (χ4v) is 3.69. The standard InChI is InChI=1S/C23H29N3O3/c1-17(27)24-21(13-18-9-5-4-6-10-18)23(28)26-14-19-11-7-8-12-22(19)29-16-20(26)15-25(2)3/h4-12,20-21H,13-16H2,1-3H3,(H,24,27). The van der Waals surface area contributed by atoms with Gasteiger partial charge in [-0.25, -0.2) is 0 Å². The van der Waals surface area contributed by atoms with Gasteiger partial charge in [0.15, 0.2) is 0 Å². The Labute approximate surface area is 172 Å². The number of ether oxygens (including phenoxy) is 1. The molecule has 1 aliphatic heterocycles. The zero-order chi connectivity index (χ0) is 20.8. The van der Waals surface area contributed by atoms with E-state index in [-0.39, 0.29) is 17.9 Å². The molecule has 0 bridgehead atoms. The summed E-state index contributed by atoms with van der Waals surface area (Å²) in [6.07, 6.45) is 0.451. The molecular weight excluding hydrogens is 366 g/mol. The molecule has 154 valence electrons. The highest BCUT2D eigenvalue weighted by Crippen LogP contribution is 2.26. The lowest BCUT2D eigenvalue weighted by molar-refractivity contribution is -0.139. The Kier molecular flexibility index (Phi) is 6.88. The summed E-state index contributed by atoms with van der Waals surface area (Å²) in [5, 5.41) is 2.86. The predicted molar refractivity (Wildman–Crippen MR) is 113 cm³/mol. The Morgan fingerprint density at radius 2 is 1.83 bits per heavy atom. The number of nitrogens with one attached hydrogen (secondary N) is 1. The number of benzene rings is 2. The number of fused-ring (bicyclic) bond motifs is 1. The highest BCUT2D eigenvalue weighted by molar-refractivity contribution is 5.87. The number of carbonyl (C=O) groups excluding carboxylic acids is 2. The van der Waals surface area contributed by atoms with Crippen molar-refractivity contribution in [2.24, 2.45) is 0 Å². The molecule has 0 aromatic heterocycles. The maximum atomic E-state index is 13.6. The third-order valence-corrected chi connectivity index (χ3v) is 5.00. The molecule has 0 spiro atoms. The summed E-state index contributed by atoms with van der Waals surface area (Å²) in [6.45, 7) is 3.00. The number of rotatable bonds is 6. The predicted octanol–water partition coefficient (Wildman–Crippen LogP) is 2.09. The van der Waals surface area contributed by atoms with Crippen molar-refractivity contribution < 1.29 is 14.3 Å². The normalized spacial score (nSPS) is 17.1. The van der Waals surface area contributed by atoms with Crippen molar-refractivity contribution >= 4 is 11.8 Å². The molecule has 3 rings (SSSR count). The van der Waals surface area contributed by atoms with Gasteiger partial charge in [0.25, 0.3) is 0 Å². The molecule has 6 nitrogen and oxygen atoms in total. The highest BCUT2D eigenvalue weighted by Gasteiger charge is 2.33. The average Bonchev–Trinajstić information content (AvgIpc) is 2.87. The monoisotopic (exact) mass is 395 g/mol. The van der Waals surface area contributed by atoms with Crippen LogP contribution in [0.1, 0.15) is 18.1 Å². The van der Waals surface area contributed by atoms with Crippen LogP contribution in [0.25, 0.3) is 0 Å². The van der Waals surface area contributed by atoms with E-state index >= 15 is 0 Å². The van der Waals surface area contributed by atoms with Gasteiger partial charge in [0, 0.05) is 32.0 Å². The van der Waals surface area contributed by atoms with Crippen molar-refractivity contribution in [1.29, 1.82) is 0 Å². The van der Waals surface area contributed by atoms with E-state index in [1.54, 1.807) is 0 Å². The number of para-hydroxylation sites is 1. The van der Waals surface area contributed by atoms with Crippen LogP contribution >= 0.6 is 0 Å². The minimum Gasteiger partial charge on any atom is -0.491 e. The van der Waals surface area contributed by atoms with Gasteiger partial charge in [-0.05, 0) is 25.7 Å². The van der Waals surface area contributed by atoms with Crippen molar-refractivity contribution in [2.45, 2.75) is 32.0 Å². The second-order valence-corrected chi connectivity index (χ2v) is 7.74. The Morgan fingerprint density at radius 1 is 1.14 bits per heavy atom. The van der Waals surface area contributed by atoms with Crippen LogP contribution in [0.4, 0.5) is 0 Å². The fraction of sp³-hybridized carbons (Fsp3) is 0.391. The van der Waals surface area contributed by atoms with E-state index in [1.807, 2.05) is 73.6 Å². The molecular formula is C23H29N3O3. The van der Waals surface area contributed by atoms with Crippen LogP contribution < -0.4 is 10.1 Å². The number of hydrogen-bond donors (Lipinski definition) is 1. The largest absolute Gasteiger partial charge is 0.491 e. The Bertz CT molecular complexity index is 838. The van der Waals surface area contributed by atoms with Crippen LogP contribution in [-0.2, 0) is 22.6 Å². The molecule has 2 unspecified atom stereocenters. The molecule has 0 fully saturated rings. The lowest BCUT2D eigenvalue weighted by atomic mass is 10.0. The maximum Gasteiger partial charge on any atom is 0.246 e. The van der Waals surface area contributed by atoms with Crippen LogP contribution in [0.2, 0.25) is 0 Å². The Hall–Kier alpha value is -2.86. The van der Waals surface area contributed by atoms with Gasteiger partial charge in [0.2, 0.25) is 11.8 Å². The quantitative estimate of drug-likeness (QED) is 0.814. The Balaban J connectivity index is 1.89. The van der Waals surface area contributed by atoms with Crippen LogP contribution in [0, 0.1) is 0 Å². The van der Waals surface area contributed by atoms with E-state index in [1.165, 1.54) is 6.92 Å². The summed E-state index contributed by atoms with van der Waals surface area (Å²) < 4.78 is 6.01. The summed E-state index contributed by atoms with van der Waals surface area (Å²) in [7, 11) is 3.96. The molecule has 1 heterocycles. The van der Waals surface area contributed by atoms with E-state index in [0.717, 1.165) is 16.9 Å². The lowest BCUT2D eigenvalue weighted by Gasteiger charge is -2.34. The van der Waals surface area contributed by atoms with E-state index in [0.29, 0.717) is 26.1 Å². The smallest absolute Gasteiger partial charge is 0.246 e. The van der Waals surface area contributed by atoms with E-state index < -0.39 is 6.04 Å². The van der Waals surface area contributed by atoms with Crippen LogP contribution in [0.15, 0.2) is 54.6 Å². The van der Waals surface area contributed by atoms with E-state index in [2.05, 4.69) is 10.2 Å². The maximum absolute atomic E-state index is 13.6. The summed E-state index contributed by atoms with van der Waals surface area (Å²) >= 11 is 0. The molecule has 1 aliphatic rings. The number of amides is 2. The number of likely N-dealkylation sites (N-methyl/N-ethyl adjacent to an activating group) is 1. The van der Waals surface area contributed by atoms with Gasteiger partial charge in [-0.3, -0.25) is 9.59 Å². The SMILES string of the molecule is CC(=O)NC(Cc1ccccc1)C(=O)N1Cc2ccccc2OCC1CN(C)C. The van der Waals surface area contributed by atoms with Crippen LogP contribution in [0.3, 0.4) is 0 Å². The van der Waals surface area contributed by atoms with Gasteiger partial charge in [-0.1, -0.05) is 48.5 Å². The topological polar surface area (TPSA) is 61.9 Å². The van der Waals surface area contributed by atoms with Crippen molar-refractivity contribution in [3.8, 4) is 5.75 Å². The van der Waals surface area contributed by atoms with Crippen molar-refractivity contribution in [1.82, 2.24) is 15.1 Å². The minimum atomic E-state index is -0.621. The summed E-state index contributed by atoms with van der Waals surface area (Å²) in [5.74, 6) is 0.511. The molecule has 2 aromatic carbocycles. The molecule has 0 radical (unpaired) electrons. The van der Waals surface area contributed by atoms with Gasteiger partial charge >= 0.3 is 0 Å². The third-order valence-electron chi connectivity index (χ3n) is 5.00. The molecule has 0 saturated heterocycles. The van der Waals surface area contributed by atoms with Crippen LogP contribution in [-0.4, -0.2) is 60.9 Å². The lowest BCUT2D eigenvalue weighted by Crippen LogP contribution is -2.55. The first kappa shape index (κ1) is 20.9. The first-order valence-electron chi connectivity index (χ1n) is 9.91. The average molecular weight is 396 g/mol. The zero-order valence-electron chi connectivity index (χ0n) is 17.3. The number of hydrogen-bond acceptors (Lipinski definition) is 4. The van der Waals surface area contributed by atoms with Gasteiger partial charge < -0.3 is 19.9 Å². The van der Waals surface area contributed by atoms with Crippen LogP contribution in [0.5, 0.6) is 5.75 Å². The summed E-state index contributed by atoms with van der Waals surface area (Å²) in [4.78, 5) is 29.4. The third kappa shape index (κ3) is 5.57. The Morgan fingerprint density at radius 3 is 2.52 bits per heavy atom. The molecule has 0 aliphatic carbocycles. The summed E-state index contributed by atoms with van der Waals surface area (Å²) in [5.41, 5.74) is 1.98. The first-order chi connectivity index (χ1) is 13.9. The van der Waals surface area contributed by atoms with Gasteiger partial charge in [-0.15, -0.1) is 0 Å². The zero-order valence-corrected chi connectivity index (χ0v) is 17.3. The van der Waals surface area contributed by atoms with Gasteiger partial charge in [-0.2, -0.15) is 0 Å². The molecule has 2 atom stereocenters. The molecule has 6 heteroatoms. The fourth-order valence-electron chi connectivity index (χ4n) is 3.69. The summed E-state index contributed by atoms with van der Waals surface area (Å²) in [6, 6.07) is 16.8.